The van der Waals surface area contributed by atoms with Crippen molar-refractivity contribution >= 4 is 21.6 Å². The normalized spacial score (nSPS) is 19.7. The molecule has 1 fully saturated rings. The zero-order valence-corrected chi connectivity index (χ0v) is 17.8. The fourth-order valence-corrected chi connectivity index (χ4v) is 5.35. The van der Waals surface area contributed by atoms with Crippen molar-refractivity contribution in [2.45, 2.75) is 52.5 Å². The highest BCUT2D eigenvalue weighted by molar-refractivity contribution is 7.91. The lowest BCUT2D eigenvalue weighted by Gasteiger charge is -2.17. The molecule has 2 aromatic rings. The van der Waals surface area contributed by atoms with Crippen LogP contribution in [0.3, 0.4) is 0 Å². The number of amides is 1. The van der Waals surface area contributed by atoms with Crippen LogP contribution in [0.25, 0.3) is 0 Å². The molecule has 1 saturated heterocycles. The van der Waals surface area contributed by atoms with E-state index in [0.29, 0.717) is 18.2 Å². The summed E-state index contributed by atoms with van der Waals surface area (Å²) in [5, 5.41) is 7.37. The topological polar surface area (TPSA) is 81.1 Å². The van der Waals surface area contributed by atoms with Crippen LogP contribution in [0.2, 0.25) is 0 Å². The Morgan fingerprint density at radius 2 is 1.93 bits per heavy atom. The van der Waals surface area contributed by atoms with Crippen molar-refractivity contribution in [2.24, 2.45) is 5.92 Å². The molecule has 0 aliphatic carbocycles. The SMILES string of the molecule is Cc1cc(NC(=O)C(C)c2ccc(CC(C)C)cc2)n(C2CCS(=O)(=O)C2)n1. The minimum absolute atomic E-state index is 0.0733. The predicted octanol–water partition coefficient (Wildman–Crippen LogP) is 3.49. The van der Waals surface area contributed by atoms with Gasteiger partial charge in [-0.1, -0.05) is 38.1 Å². The van der Waals surface area contributed by atoms with E-state index < -0.39 is 9.84 Å². The van der Waals surface area contributed by atoms with Crippen molar-refractivity contribution in [2.75, 3.05) is 16.8 Å². The first-order valence-electron chi connectivity index (χ1n) is 9.81. The van der Waals surface area contributed by atoms with Crippen LogP contribution in [-0.4, -0.2) is 35.6 Å². The molecule has 0 radical (unpaired) electrons. The molecular weight excluding hydrogens is 374 g/mol. The van der Waals surface area contributed by atoms with Crippen LogP contribution in [0.1, 0.15) is 56.0 Å². The molecule has 0 saturated carbocycles. The second-order valence-electron chi connectivity index (χ2n) is 8.22. The van der Waals surface area contributed by atoms with Crippen LogP contribution in [-0.2, 0) is 21.1 Å². The Balaban J connectivity index is 1.72. The van der Waals surface area contributed by atoms with Gasteiger partial charge < -0.3 is 5.32 Å². The number of hydrogen-bond donors (Lipinski definition) is 1. The van der Waals surface area contributed by atoms with Crippen LogP contribution in [0, 0.1) is 12.8 Å². The van der Waals surface area contributed by atoms with E-state index in [1.54, 1.807) is 10.7 Å². The van der Waals surface area contributed by atoms with E-state index in [2.05, 4.69) is 36.4 Å². The number of carbonyl (C=O) groups excluding carboxylic acids is 1. The standard InChI is InChI=1S/C21H29N3O3S/c1-14(2)11-17-5-7-18(8-6-17)16(4)21(25)22-20-12-15(3)23-24(20)19-9-10-28(26,27)13-19/h5-8,12,14,16,19H,9-11,13H2,1-4H3,(H,22,25). The van der Waals surface area contributed by atoms with Crippen molar-refractivity contribution in [3.63, 3.8) is 0 Å². The summed E-state index contributed by atoms with van der Waals surface area (Å²) in [4.78, 5) is 12.8. The molecule has 1 amide bonds. The molecule has 0 bridgehead atoms. The highest BCUT2D eigenvalue weighted by Gasteiger charge is 2.31. The number of anilines is 1. The van der Waals surface area contributed by atoms with Gasteiger partial charge in [0.15, 0.2) is 9.84 Å². The molecule has 152 valence electrons. The molecule has 2 heterocycles. The van der Waals surface area contributed by atoms with Gasteiger partial charge in [0.2, 0.25) is 5.91 Å². The zero-order valence-electron chi connectivity index (χ0n) is 17.0. The van der Waals surface area contributed by atoms with Gasteiger partial charge in [-0.05, 0) is 43.7 Å². The lowest BCUT2D eigenvalue weighted by molar-refractivity contribution is -0.117. The number of benzene rings is 1. The van der Waals surface area contributed by atoms with E-state index in [9.17, 15) is 13.2 Å². The summed E-state index contributed by atoms with van der Waals surface area (Å²) in [7, 11) is -3.03. The molecular formula is C21H29N3O3S. The van der Waals surface area contributed by atoms with Gasteiger partial charge in [0.05, 0.1) is 29.2 Å². The molecule has 1 aliphatic heterocycles. The summed E-state index contributed by atoms with van der Waals surface area (Å²) in [5.41, 5.74) is 2.98. The minimum Gasteiger partial charge on any atom is -0.310 e. The van der Waals surface area contributed by atoms with Gasteiger partial charge in [-0.15, -0.1) is 0 Å². The summed E-state index contributed by atoms with van der Waals surface area (Å²) in [5.74, 6) is 0.956. The lowest BCUT2D eigenvalue weighted by atomic mass is 9.96. The third-order valence-corrected chi connectivity index (χ3v) is 6.93. The smallest absolute Gasteiger partial charge is 0.232 e. The van der Waals surface area contributed by atoms with Gasteiger partial charge in [-0.25, -0.2) is 13.1 Å². The molecule has 0 spiro atoms. The maximum atomic E-state index is 12.8. The largest absolute Gasteiger partial charge is 0.310 e. The zero-order chi connectivity index (χ0) is 20.5. The fourth-order valence-electron chi connectivity index (χ4n) is 3.66. The monoisotopic (exact) mass is 403 g/mol. The van der Waals surface area contributed by atoms with Crippen molar-refractivity contribution in [3.05, 3.63) is 47.2 Å². The first kappa shape index (κ1) is 20.6. The molecule has 3 rings (SSSR count). The summed E-state index contributed by atoms with van der Waals surface area (Å²) in [6.07, 6.45) is 1.54. The van der Waals surface area contributed by atoms with Gasteiger partial charge >= 0.3 is 0 Å². The van der Waals surface area contributed by atoms with Gasteiger partial charge in [0.1, 0.15) is 5.82 Å². The molecule has 1 aromatic carbocycles. The summed E-state index contributed by atoms with van der Waals surface area (Å²) < 4.78 is 25.3. The molecule has 28 heavy (non-hydrogen) atoms. The van der Waals surface area contributed by atoms with Gasteiger partial charge in [0, 0.05) is 6.07 Å². The molecule has 6 nitrogen and oxygen atoms in total. The van der Waals surface area contributed by atoms with E-state index in [1.165, 1.54) is 5.56 Å². The fraction of sp³-hybridized carbons (Fsp3) is 0.524. The number of hydrogen-bond acceptors (Lipinski definition) is 4. The Morgan fingerprint density at radius 1 is 1.25 bits per heavy atom. The third-order valence-electron chi connectivity index (χ3n) is 5.18. The number of sulfone groups is 1. The van der Waals surface area contributed by atoms with E-state index in [-0.39, 0.29) is 29.4 Å². The van der Waals surface area contributed by atoms with Crippen molar-refractivity contribution in [1.29, 1.82) is 0 Å². The summed E-state index contributed by atoms with van der Waals surface area (Å²) >= 11 is 0. The highest BCUT2D eigenvalue weighted by atomic mass is 32.2. The Morgan fingerprint density at radius 3 is 2.50 bits per heavy atom. The number of nitrogens with zero attached hydrogens (tertiary/aromatic N) is 2. The molecule has 2 unspecified atom stereocenters. The first-order chi connectivity index (χ1) is 13.1. The van der Waals surface area contributed by atoms with Gasteiger partial charge in [-0.3, -0.25) is 4.79 Å². The molecule has 1 N–H and O–H groups in total. The number of carbonyl (C=O) groups is 1. The quantitative estimate of drug-likeness (QED) is 0.800. The van der Waals surface area contributed by atoms with Crippen molar-refractivity contribution < 1.29 is 13.2 Å². The maximum Gasteiger partial charge on any atom is 0.232 e. The molecule has 2 atom stereocenters. The number of aromatic nitrogens is 2. The number of nitrogens with one attached hydrogen (secondary N) is 1. The first-order valence-corrected chi connectivity index (χ1v) is 11.6. The molecule has 1 aromatic heterocycles. The van der Waals surface area contributed by atoms with Crippen LogP contribution >= 0.6 is 0 Å². The Labute approximate surface area is 167 Å². The summed E-state index contributed by atoms with van der Waals surface area (Å²) in [6, 6.07) is 9.75. The second-order valence-corrected chi connectivity index (χ2v) is 10.5. The second kappa shape index (κ2) is 8.07. The van der Waals surface area contributed by atoms with Crippen molar-refractivity contribution in [3.8, 4) is 0 Å². The predicted molar refractivity (Wildman–Crippen MR) is 111 cm³/mol. The van der Waals surface area contributed by atoms with Crippen LogP contribution in [0.15, 0.2) is 30.3 Å². The average molecular weight is 404 g/mol. The minimum atomic E-state index is -3.03. The average Bonchev–Trinajstić information content (AvgIpc) is 3.16. The lowest BCUT2D eigenvalue weighted by Crippen LogP contribution is -2.23. The summed E-state index contributed by atoms with van der Waals surface area (Å²) in [6.45, 7) is 8.09. The maximum absolute atomic E-state index is 12.8. The van der Waals surface area contributed by atoms with E-state index in [4.69, 9.17) is 0 Å². The van der Waals surface area contributed by atoms with Crippen molar-refractivity contribution in [1.82, 2.24) is 9.78 Å². The third kappa shape index (κ3) is 4.82. The van der Waals surface area contributed by atoms with E-state index >= 15 is 0 Å². The van der Waals surface area contributed by atoms with E-state index in [0.717, 1.165) is 17.7 Å². The Kier molecular flexibility index (Phi) is 5.93. The Hall–Kier alpha value is -2.15. The number of aryl methyl sites for hydroxylation is 1. The van der Waals surface area contributed by atoms with Crippen LogP contribution in [0.5, 0.6) is 0 Å². The number of rotatable bonds is 6. The van der Waals surface area contributed by atoms with Gasteiger partial charge in [0.25, 0.3) is 0 Å². The molecule has 1 aliphatic rings. The van der Waals surface area contributed by atoms with Crippen LogP contribution < -0.4 is 5.32 Å². The Bertz CT molecular complexity index is 946. The molecule has 7 heteroatoms. The van der Waals surface area contributed by atoms with E-state index in [1.807, 2.05) is 26.0 Å². The van der Waals surface area contributed by atoms with Crippen LogP contribution in [0.4, 0.5) is 5.82 Å². The highest BCUT2D eigenvalue weighted by Crippen LogP contribution is 2.28. The van der Waals surface area contributed by atoms with Gasteiger partial charge in [-0.2, -0.15) is 5.10 Å².